The highest BCUT2D eigenvalue weighted by Crippen LogP contribution is 2.24. The molecule has 1 aromatic carbocycles. The van der Waals surface area contributed by atoms with Gasteiger partial charge in [-0.25, -0.2) is 0 Å². The molecule has 0 amide bonds. The summed E-state index contributed by atoms with van der Waals surface area (Å²) in [6, 6.07) is 8.45. The second kappa shape index (κ2) is 4.94. The lowest BCUT2D eigenvalue weighted by Crippen LogP contribution is -2.58. The number of benzene rings is 1. The molecular formula is C7H6ClO4S2+. The average molecular weight is 254 g/mol. The lowest BCUT2D eigenvalue weighted by atomic mass is 10.4. The quantitative estimate of drug-likeness (QED) is 0.618. The van der Waals surface area contributed by atoms with Gasteiger partial charge in [0, 0.05) is 0 Å². The number of fused-ring (bicyclic) bond motifs is 1. The van der Waals surface area contributed by atoms with Crippen molar-refractivity contribution in [1.82, 2.24) is 0 Å². The first-order valence-corrected chi connectivity index (χ1v) is 6.36. The predicted octanol–water partition coefficient (Wildman–Crippen LogP) is -0.880. The Balaban J connectivity index is 0.000000171. The van der Waals surface area contributed by atoms with Crippen LogP contribution >= 0.6 is 22.7 Å². The zero-order valence-corrected chi connectivity index (χ0v) is 9.14. The summed E-state index contributed by atoms with van der Waals surface area (Å²) in [4.78, 5) is 0. The highest BCUT2D eigenvalue weighted by molar-refractivity contribution is 7.36. The summed E-state index contributed by atoms with van der Waals surface area (Å²) < 4.78 is 37.7. The Kier molecular flexibility index (Phi) is 4.14. The highest BCUT2D eigenvalue weighted by Gasteiger charge is 2.01. The van der Waals surface area contributed by atoms with E-state index in [0.717, 1.165) is 0 Å². The minimum absolute atomic E-state index is 1.39. The third-order valence-electron chi connectivity index (χ3n) is 1.20. The Bertz CT molecular complexity index is 361. The number of hydrogen-bond acceptors (Lipinski definition) is 5. The lowest BCUT2D eigenvalue weighted by molar-refractivity contribution is -1.92. The third kappa shape index (κ3) is 4.77. The number of rotatable bonds is 0. The molecule has 1 aromatic heterocycles. The Morgan fingerprint density at radius 1 is 1.21 bits per heavy atom. The molecule has 0 spiro atoms. The van der Waals surface area contributed by atoms with E-state index in [-0.39, 0.29) is 0 Å². The van der Waals surface area contributed by atoms with E-state index in [9.17, 15) is 0 Å². The molecule has 7 heteroatoms. The van der Waals surface area contributed by atoms with E-state index in [1.54, 1.807) is 22.7 Å². The SMILES string of the molecule is [O-][Cl+3]([O-])([O-])O.c1ccc2[s+]csc2c1. The van der Waals surface area contributed by atoms with Crippen LogP contribution in [0.3, 0.4) is 0 Å². The van der Waals surface area contributed by atoms with Gasteiger partial charge < -0.3 is 0 Å². The van der Waals surface area contributed by atoms with Gasteiger partial charge in [-0.3, -0.25) is 0 Å². The Morgan fingerprint density at radius 2 is 1.79 bits per heavy atom. The fourth-order valence-electron chi connectivity index (χ4n) is 0.773. The highest BCUT2D eigenvalue weighted by atomic mass is 35.7. The molecule has 0 bridgehead atoms. The van der Waals surface area contributed by atoms with Gasteiger partial charge in [-0.2, -0.15) is 14.0 Å². The maximum atomic E-state index is 8.60. The second-order valence-electron chi connectivity index (χ2n) is 2.17. The van der Waals surface area contributed by atoms with Gasteiger partial charge >= 0.3 is 0 Å². The summed E-state index contributed by atoms with van der Waals surface area (Å²) in [5.41, 5.74) is 0. The first-order valence-electron chi connectivity index (χ1n) is 3.34. The van der Waals surface area contributed by atoms with Crippen molar-refractivity contribution < 1.29 is 28.9 Å². The fraction of sp³-hybridized carbons (Fsp3) is 0. The van der Waals surface area contributed by atoms with Crippen LogP contribution in [0.2, 0.25) is 0 Å². The summed E-state index contributed by atoms with van der Waals surface area (Å²) in [7, 11) is -4.69. The largest absolute Gasteiger partial charge is 0.243 e. The van der Waals surface area contributed by atoms with Crippen LogP contribution < -0.4 is 14.0 Å². The molecule has 0 atom stereocenters. The molecule has 0 unspecified atom stereocenters. The van der Waals surface area contributed by atoms with E-state index in [0.29, 0.717) is 0 Å². The topological polar surface area (TPSA) is 89.4 Å². The van der Waals surface area contributed by atoms with E-state index in [2.05, 4.69) is 29.0 Å². The van der Waals surface area contributed by atoms with Crippen LogP contribution in [0.1, 0.15) is 0 Å². The Hall–Kier alpha value is -0.340. The maximum Gasteiger partial charge on any atom is 0.243 e. The van der Waals surface area contributed by atoms with Crippen molar-refractivity contribution in [2.45, 2.75) is 0 Å². The Morgan fingerprint density at radius 3 is 2.36 bits per heavy atom. The standard InChI is InChI=1S/C7H5S2.ClHO4/c1-2-4-7-6(3-1)8-5-9-7;2-1(3,4)5/h1-5H;(H,2,3,4,5)/q+1;. The van der Waals surface area contributed by atoms with Crippen molar-refractivity contribution in [3.63, 3.8) is 0 Å². The minimum Gasteiger partial charge on any atom is -0.183 e. The third-order valence-corrected chi connectivity index (χ3v) is 3.32. The van der Waals surface area contributed by atoms with E-state index in [1.165, 1.54) is 9.40 Å². The average Bonchev–Trinajstić information content (AvgIpc) is 2.47. The first kappa shape index (κ1) is 11.7. The molecule has 0 radical (unpaired) electrons. The Labute approximate surface area is 90.0 Å². The van der Waals surface area contributed by atoms with E-state index >= 15 is 0 Å². The number of hydrogen-bond donors (Lipinski definition) is 1. The van der Waals surface area contributed by atoms with E-state index in [1.807, 2.05) is 0 Å². The molecule has 4 nitrogen and oxygen atoms in total. The van der Waals surface area contributed by atoms with Crippen molar-refractivity contribution in [1.29, 1.82) is 0 Å². The molecule has 1 N–H and O–H groups in total. The van der Waals surface area contributed by atoms with Gasteiger partial charge in [-0.15, -0.1) is 0 Å². The minimum atomic E-state index is -4.69. The molecule has 0 saturated heterocycles. The molecule has 2 aromatic rings. The van der Waals surface area contributed by atoms with Crippen LogP contribution in [-0.2, 0) is 0 Å². The maximum absolute atomic E-state index is 8.60. The van der Waals surface area contributed by atoms with Gasteiger partial charge in [0.05, 0.1) is 37.6 Å². The molecule has 76 valence electrons. The molecule has 14 heavy (non-hydrogen) atoms. The summed E-state index contributed by atoms with van der Waals surface area (Å²) in [5, 5.41) is 0. The van der Waals surface area contributed by atoms with Gasteiger partial charge in [-0.05, 0) is 12.1 Å². The normalized spacial score (nSPS) is 10.9. The molecule has 0 saturated carbocycles. The zero-order chi connectivity index (χ0) is 10.6. The molecular weight excluding hydrogens is 248 g/mol. The van der Waals surface area contributed by atoms with Crippen molar-refractivity contribution in [2.24, 2.45) is 0 Å². The van der Waals surface area contributed by atoms with E-state index < -0.39 is 10.2 Å². The fourth-order valence-corrected chi connectivity index (χ4v) is 2.77. The van der Waals surface area contributed by atoms with Gasteiger partial charge in [0.25, 0.3) is 0 Å². The molecule has 0 fully saturated rings. The smallest absolute Gasteiger partial charge is 0.183 e. The molecule has 0 aliphatic heterocycles. The van der Waals surface area contributed by atoms with Crippen LogP contribution in [0, 0.1) is 10.2 Å². The lowest BCUT2D eigenvalue weighted by Gasteiger charge is -2.03. The summed E-state index contributed by atoms with van der Waals surface area (Å²) in [6.07, 6.45) is 0. The zero-order valence-electron chi connectivity index (χ0n) is 6.75. The van der Waals surface area contributed by atoms with Gasteiger partial charge in [0.2, 0.25) is 4.69 Å². The second-order valence-corrected chi connectivity index (χ2v) is 5.09. The van der Waals surface area contributed by atoms with Crippen molar-refractivity contribution >= 4 is 32.1 Å². The number of halogens is 1. The molecule has 2 rings (SSSR count). The summed E-state index contributed by atoms with van der Waals surface area (Å²) >= 11 is 3.61. The molecule has 0 aliphatic rings. The van der Waals surface area contributed by atoms with Crippen LogP contribution in [0.25, 0.3) is 9.40 Å². The van der Waals surface area contributed by atoms with Crippen molar-refractivity contribution in [3.8, 4) is 0 Å². The van der Waals surface area contributed by atoms with Crippen LogP contribution in [0.5, 0.6) is 0 Å². The van der Waals surface area contributed by atoms with Crippen LogP contribution in [0.15, 0.2) is 29.0 Å². The van der Waals surface area contributed by atoms with Crippen molar-refractivity contribution in [3.05, 3.63) is 29.0 Å². The van der Waals surface area contributed by atoms with Gasteiger partial charge in [0.15, 0.2) is 9.40 Å². The predicted molar refractivity (Wildman–Crippen MR) is 46.3 cm³/mol. The molecule has 0 aliphatic carbocycles. The van der Waals surface area contributed by atoms with Gasteiger partial charge in [-0.1, -0.05) is 12.1 Å². The first-order chi connectivity index (χ1) is 6.47. The van der Waals surface area contributed by atoms with Crippen LogP contribution in [-0.4, -0.2) is 4.66 Å². The monoisotopic (exact) mass is 253 g/mol. The van der Waals surface area contributed by atoms with E-state index in [4.69, 9.17) is 18.6 Å². The summed E-state index contributed by atoms with van der Waals surface area (Å²) in [6.45, 7) is 0. The summed E-state index contributed by atoms with van der Waals surface area (Å²) in [5.74, 6) is 0. The molecule has 1 heterocycles. The van der Waals surface area contributed by atoms with Crippen molar-refractivity contribution in [2.75, 3.05) is 0 Å². The van der Waals surface area contributed by atoms with Gasteiger partial charge in [0.1, 0.15) is 0 Å². The van der Waals surface area contributed by atoms with Crippen LogP contribution in [0.4, 0.5) is 0 Å².